The van der Waals surface area contributed by atoms with E-state index in [0.29, 0.717) is 17.4 Å². The molecule has 0 aromatic heterocycles. The Hall–Kier alpha value is -1.02. The Morgan fingerprint density at radius 1 is 0.557 bits per heavy atom. The van der Waals surface area contributed by atoms with Gasteiger partial charge in [-0.15, -0.1) is 0 Å². The van der Waals surface area contributed by atoms with Gasteiger partial charge in [0.05, 0.1) is 39.9 Å². The molecule has 0 aliphatic heterocycles. The van der Waals surface area contributed by atoms with Crippen LogP contribution in [0, 0.1) is 0 Å². The van der Waals surface area contributed by atoms with Gasteiger partial charge in [0, 0.05) is 6.42 Å². The summed E-state index contributed by atoms with van der Waals surface area (Å²) < 4.78 is 23.1. The van der Waals surface area contributed by atoms with E-state index in [9.17, 15) is 19.4 Å². The van der Waals surface area contributed by atoms with E-state index in [1.807, 2.05) is 27.2 Å². The molecule has 362 valence electrons. The van der Waals surface area contributed by atoms with Crippen molar-refractivity contribution in [3.05, 3.63) is 24.3 Å². The first-order chi connectivity index (χ1) is 29.5. The van der Waals surface area contributed by atoms with E-state index in [0.717, 1.165) is 38.5 Å². The van der Waals surface area contributed by atoms with Crippen LogP contribution in [-0.4, -0.2) is 68.5 Å². The lowest BCUT2D eigenvalue weighted by Gasteiger charge is -2.29. The maximum absolute atomic E-state index is 12.7. The second-order valence-corrected chi connectivity index (χ2v) is 20.6. The van der Waals surface area contributed by atoms with Crippen molar-refractivity contribution in [2.75, 3.05) is 40.9 Å². The predicted octanol–water partition coefficient (Wildman–Crippen LogP) is 14.6. The standard InChI is InChI=1S/C52H103N2O6P/c1-6-8-10-12-14-15-16-17-18-19-20-21-22-23-24-25-26-27-28-29-30-31-32-33-34-35-36-37-38-40-41-43-45-51(55)50(49-60-61(57,58)59-48-47-54(3,4)5)53-52(56)46-44-42-39-13-11-9-7-2/h37-38,43,45,50-51,55H,6-36,39-42,44,46-49H2,1-5H3,(H-,53,56,57,58)/b38-37+,45-43+. The second-order valence-electron chi connectivity index (χ2n) is 19.2. The number of rotatable bonds is 48. The minimum absolute atomic E-state index is 0.00473. The quantitative estimate of drug-likeness (QED) is 0.0273. The van der Waals surface area contributed by atoms with Gasteiger partial charge in [0.25, 0.3) is 7.82 Å². The SMILES string of the molecule is CCCCCCCCCCCCCCCCCCCCCCCCCCCC/C=C/CC/C=C/C(O)C(COP(=O)([O-])OCC[N+](C)(C)C)NC(=O)CCCCCCCCC. The summed E-state index contributed by atoms with van der Waals surface area (Å²) in [5.41, 5.74) is 0. The van der Waals surface area contributed by atoms with E-state index in [4.69, 9.17) is 9.05 Å². The molecule has 0 aromatic carbocycles. The number of quaternary nitrogens is 1. The molecule has 0 bridgehead atoms. The van der Waals surface area contributed by atoms with Crippen molar-refractivity contribution in [1.29, 1.82) is 0 Å². The first-order valence-electron chi connectivity index (χ1n) is 26.2. The zero-order valence-electron chi connectivity index (χ0n) is 41.1. The number of hydrogen-bond acceptors (Lipinski definition) is 6. The summed E-state index contributed by atoms with van der Waals surface area (Å²) in [7, 11) is 1.25. The minimum Gasteiger partial charge on any atom is -0.756 e. The van der Waals surface area contributed by atoms with Crippen LogP contribution >= 0.6 is 7.82 Å². The first kappa shape index (κ1) is 60.0. The van der Waals surface area contributed by atoms with Crippen molar-refractivity contribution < 1.29 is 32.9 Å². The van der Waals surface area contributed by atoms with Gasteiger partial charge in [0.1, 0.15) is 13.2 Å². The molecule has 9 heteroatoms. The van der Waals surface area contributed by atoms with Gasteiger partial charge in [-0.3, -0.25) is 9.36 Å². The molecular formula is C52H103N2O6P. The Bertz CT molecular complexity index is 1050. The normalized spacial score (nSPS) is 14.3. The highest BCUT2D eigenvalue weighted by molar-refractivity contribution is 7.45. The number of aliphatic hydroxyl groups excluding tert-OH is 1. The van der Waals surface area contributed by atoms with Crippen molar-refractivity contribution in [2.45, 2.75) is 264 Å². The van der Waals surface area contributed by atoms with E-state index >= 15 is 0 Å². The fourth-order valence-corrected chi connectivity index (χ4v) is 8.48. The van der Waals surface area contributed by atoms with Gasteiger partial charge in [-0.1, -0.05) is 237 Å². The molecule has 1 amide bonds. The Balaban J connectivity index is 3.98. The van der Waals surface area contributed by atoms with E-state index in [1.165, 1.54) is 193 Å². The number of nitrogens with zero attached hydrogens (tertiary/aromatic N) is 1. The van der Waals surface area contributed by atoms with Gasteiger partial charge < -0.3 is 28.8 Å². The fourth-order valence-electron chi connectivity index (χ4n) is 7.76. The van der Waals surface area contributed by atoms with Crippen LogP contribution in [0.3, 0.4) is 0 Å². The third-order valence-corrected chi connectivity index (χ3v) is 12.9. The highest BCUT2D eigenvalue weighted by Gasteiger charge is 2.23. The molecule has 3 atom stereocenters. The third kappa shape index (κ3) is 46.8. The summed E-state index contributed by atoms with van der Waals surface area (Å²) in [6.07, 6.45) is 54.4. The van der Waals surface area contributed by atoms with Crippen LogP contribution in [0.4, 0.5) is 0 Å². The molecule has 0 aromatic rings. The number of allylic oxidation sites excluding steroid dienone is 3. The summed E-state index contributed by atoms with van der Waals surface area (Å²) in [6.45, 7) is 4.59. The summed E-state index contributed by atoms with van der Waals surface area (Å²) in [4.78, 5) is 25.1. The highest BCUT2D eigenvalue weighted by Crippen LogP contribution is 2.38. The van der Waals surface area contributed by atoms with Gasteiger partial charge in [0.15, 0.2) is 0 Å². The van der Waals surface area contributed by atoms with Gasteiger partial charge >= 0.3 is 0 Å². The molecule has 0 aliphatic rings. The lowest BCUT2D eigenvalue weighted by atomic mass is 10.0. The zero-order valence-corrected chi connectivity index (χ0v) is 42.0. The molecular weight excluding hydrogens is 780 g/mol. The van der Waals surface area contributed by atoms with E-state index in [1.54, 1.807) is 6.08 Å². The number of carbonyl (C=O) groups excluding carboxylic acids is 1. The number of amides is 1. The Kier molecular flexibility index (Phi) is 43.5. The summed E-state index contributed by atoms with van der Waals surface area (Å²) >= 11 is 0. The van der Waals surface area contributed by atoms with Crippen LogP contribution in [0.1, 0.15) is 251 Å². The van der Waals surface area contributed by atoms with Crippen LogP contribution in [0.5, 0.6) is 0 Å². The Labute approximate surface area is 379 Å². The molecule has 0 rings (SSSR count). The van der Waals surface area contributed by atoms with Crippen molar-refractivity contribution in [3.8, 4) is 0 Å². The van der Waals surface area contributed by atoms with E-state index in [-0.39, 0.29) is 19.1 Å². The van der Waals surface area contributed by atoms with Gasteiger partial charge in [-0.25, -0.2) is 0 Å². The van der Waals surface area contributed by atoms with Crippen LogP contribution in [-0.2, 0) is 18.4 Å². The van der Waals surface area contributed by atoms with Crippen LogP contribution in [0.15, 0.2) is 24.3 Å². The number of unbranched alkanes of at least 4 members (excludes halogenated alkanes) is 33. The summed E-state index contributed by atoms with van der Waals surface area (Å²) in [5.74, 6) is -0.213. The molecule has 3 unspecified atom stereocenters. The fraction of sp³-hybridized carbons (Fsp3) is 0.904. The van der Waals surface area contributed by atoms with Crippen molar-refractivity contribution in [2.24, 2.45) is 0 Å². The average Bonchev–Trinajstić information content (AvgIpc) is 3.21. The lowest BCUT2D eigenvalue weighted by molar-refractivity contribution is -0.870. The molecule has 0 saturated carbocycles. The summed E-state index contributed by atoms with van der Waals surface area (Å²) in [5, 5.41) is 13.7. The number of aliphatic hydroxyl groups is 1. The second kappa shape index (κ2) is 44.2. The van der Waals surface area contributed by atoms with Gasteiger partial charge in [-0.2, -0.15) is 0 Å². The maximum Gasteiger partial charge on any atom is 0.268 e. The molecule has 0 saturated heterocycles. The number of phosphoric ester groups is 1. The number of likely N-dealkylation sites (N-methyl/N-ethyl adjacent to an activating group) is 1. The molecule has 0 aliphatic carbocycles. The van der Waals surface area contributed by atoms with Crippen molar-refractivity contribution in [3.63, 3.8) is 0 Å². The Morgan fingerprint density at radius 2 is 0.918 bits per heavy atom. The zero-order chi connectivity index (χ0) is 45.0. The molecule has 2 N–H and O–H groups in total. The molecule has 8 nitrogen and oxygen atoms in total. The van der Waals surface area contributed by atoms with Gasteiger partial charge in [-0.05, 0) is 32.1 Å². The van der Waals surface area contributed by atoms with Crippen LogP contribution in [0.25, 0.3) is 0 Å². The number of phosphoric acid groups is 1. The molecule has 0 radical (unpaired) electrons. The predicted molar refractivity (Wildman–Crippen MR) is 261 cm³/mol. The topological polar surface area (TPSA) is 108 Å². The van der Waals surface area contributed by atoms with Gasteiger partial charge in [0.2, 0.25) is 5.91 Å². The molecule has 0 spiro atoms. The number of carbonyl (C=O) groups is 1. The Morgan fingerprint density at radius 3 is 1.33 bits per heavy atom. The molecule has 0 heterocycles. The molecule has 0 fully saturated rings. The van der Waals surface area contributed by atoms with E-state index < -0.39 is 20.0 Å². The van der Waals surface area contributed by atoms with Crippen molar-refractivity contribution in [1.82, 2.24) is 5.32 Å². The van der Waals surface area contributed by atoms with E-state index in [2.05, 4.69) is 31.3 Å². The number of nitrogens with one attached hydrogen (secondary N) is 1. The maximum atomic E-state index is 12.7. The minimum atomic E-state index is -4.59. The third-order valence-electron chi connectivity index (χ3n) is 11.9. The van der Waals surface area contributed by atoms with Crippen LogP contribution in [0.2, 0.25) is 0 Å². The largest absolute Gasteiger partial charge is 0.756 e. The highest BCUT2D eigenvalue weighted by atomic mass is 31.2. The average molecular weight is 883 g/mol. The summed E-state index contributed by atoms with van der Waals surface area (Å²) in [6, 6.07) is -0.897. The number of hydrogen-bond donors (Lipinski definition) is 2. The monoisotopic (exact) mass is 883 g/mol. The first-order valence-corrected chi connectivity index (χ1v) is 27.7. The smallest absolute Gasteiger partial charge is 0.268 e. The lowest BCUT2D eigenvalue weighted by Crippen LogP contribution is -2.45. The molecule has 61 heavy (non-hydrogen) atoms. The van der Waals surface area contributed by atoms with Crippen molar-refractivity contribution >= 4 is 13.7 Å². The van der Waals surface area contributed by atoms with Crippen LogP contribution < -0.4 is 10.2 Å².